The molecule has 1 atom stereocenters. The van der Waals surface area contributed by atoms with E-state index in [4.69, 9.17) is 4.42 Å². The second-order valence-electron chi connectivity index (χ2n) is 4.91. The SMILES string of the molecule is CCCCCCCC(O)c1coc2ccccc12. The Balaban J connectivity index is 1.90. The first-order valence-corrected chi connectivity index (χ1v) is 6.97. The Morgan fingerprint density at radius 1 is 1.11 bits per heavy atom. The fraction of sp³-hybridized carbons (Fsp3) is 0.500. The maximum Gasteiger partial charge on any atom is 0.134 e. The van der Waals surface area contributed by atoms with Gasteiger partial charge in [0.2, 0.25) is 0 Å². The van der Waals surface area contributed by atoms with E-state index in [0.29, 0.717) is 0 Å². The van der Waals surface area contributed by atoms with E-state index < -0.39 is 6.10 Å². The summed E-state index contributed by atoms with van der Waals surface area (Å²) in [7, 11) is 0. The first kappa shape index (κ1) is 13.2. The largest absolute Gasteiger partial charge is 0.464 e. The number of unbranched alkanes of at least 4 members (excludes halogenated alkanes) is 4. The third kappa shape index (κ3) is 3.14. The van der Waals surface area contributed by atoms with Gasteiger partial charge in [-0.05, 0) is 12.5 Å². The molecule has 98 valence electrons. The molecule has 1 heterocycles. The van der Waals surface area contributed by atoms with E-state index in [0.717, 1.165) is 29.4 Å². The highest BCUT2D eigenvalue weighted by Gasteiger charge is 2.13. The van der Waals surface area contributed by atoms with Crippen molar-refractivity contribution in [3.05, 3.63) is 36.1 Å². The number of para-hydroxylation sites is 1. The molecule has 0 aliphatic heterocycles. The molecule has 0 spiro atoms. The number of aliphatic hydroxyl groups is 1. The van der Waals surface area contributed by atoms with Crippen molar-refractivity contribution in [2.24, 2.45) is 0 Å². The summed E-state index contributed by atoms with van der Waals surface area (Å²) in [5.41, 5.74) is 1.79. The number of hydrogen-bond acceptors (Lipinski definition) is 2. The molecule has 0 aliphatic carbocycles. The predicted octanol–water partition coefficient (Wildman–Crippen LogP) is 4.83. The lowest BCUT2D eigenvalue weighted by Crippen LogP contribution is -1.96. The fourth-order valence-electron chi connectivity index (χ4n) is 2.35. The van der Waals surface area contributed by atoms with Gasteiger partial charge in [0.25, 0.3) is 0 Å². The van der Waals surface area contributed by atoms with Gasteiger partial charge in [-0.1, -0.05) is 57.2 Å². The normalized spacial score (nSPS) is 13.0. The third-order valence-electron chi connectivity index (χ3n) is 3.45. The average Bonchev–Trinajstić information content (AvgIpc) is 2.82. The molecular formula is C16H22O2. The summed E-state index contributed by atoms with van der Waals surface area (Å²) >= 11 is 0. The van der Waals surface area contributed by atoms with Crippen molar-refractivity contribution in [1.29, 1.82) is 0 Å². The lowest BCUT2D eigenvalue weighted by Gasteiger charge is -2.08. The van der Waals surface area contributed by atoms with Crippen LogP contribution in [0.15, 0.2) is 34.9 Å². The highest BCUT2D eigenvalue weighted by atomic mass is 16.3. The van der Waals surface area contributed by atoms with Crippen LogP contribution in [0, 0.1) is 0 Å². The molecule has 0 amide bonds. The van der Waals surface area contributed by atoms with E-state index in [-0.39, 0.29) is 0 Å². The summed E-state index contributed by atoms with van der Waals surface area (Å²) < 4.78 is 5.46. The van der Waals surface area contributed by atoms with Gasteiger partial charge in [-0.15, -0.1) is 0 Å². The van der Waals surface area contributed by atoms with Crippen LogP contribution in [0.4, 0.5) is 0 Å². The average molecular weight is 246 g/mol. The van der Waals surface area contributed by atoms with Crippen LogP contribution in [0.1, 0.15) is 57.1 Å². The number of furan rings is 1. The Labute approximate surface area is 109 Å². The second kappa shape index (κ2) is 6.60. The zero-order valence-corrected chi connectivity index (χ0v) is 11.1. The molecule has 1 aromatic heterocycles. The zero-order valence-electron chi connectivity index (χ0n) is 11.1. The third-order valence-corrected chi connectivity index (χ3v) is 3.45. The Kier molecular flexibility index (Phi) is 4.82. The first-order chi connectivity index (χ1) is 8.83. The van der Waals surface area contributed by atoms with Crippen LogP contribution >= 0.6 is 0 Å². The summed E-state index contributed by atoms with van der Waals surface area (Å²) in [6.07, 6.45) is 8.25. The summed E-state index contributed by atoms with van der Waals surface area (Å²) in [5, 5.41) is 11.2. The van der Waals surface area contributed by atoms with E-state index in [1.54, 1.807) is 6.26 Å². The van der Waals surface area contributed by atoms with Crippen molar-refractivity contribution in [3.8, 4) is 0 Å². The standard InChI is InChI=1S/C16H22O2/c1-2-3-4-5-6-10-15(17)14-12-18-16-11-8-7-9-13(14)16/h7-9,11-12,15,17H,2-6,10H2,1H3. The number of hydrogen-bond donors (Lipinski definition) is 1. The van der Waals surface area contributed by atoms with Crippen LogP contribution in [0.3, 0.4) is 0 Å². The monoisotopic (exact) mass is 246 g/mol. The molecule has 2 aromatic rings. The van der Waals surface area contributed by atoms with E-state index in [9.17, 15) is 5.11 Å². The number of benzene rings is 1. The van der Waals surface area contributed by atoms with Crippen LogP contribution in [-0.4, -0.2) is 5.11 Å². The minimum Gasteiger partial charge on any atom is -0.464 e. The smallest absolute Gasteiger partial charge is 0.134 e. The van der Waals surface area contributed by atoms with Crippen molar-refractivity contribution >= 4 is 11.0 Å². The van der Waals surface area contributed by atoms with Gasteiger partial charge in [0.05, 0.1) is 12.4 Å². The van der Waals surface area contributed by atoms with Crippen LogP contribution in [0.25, 0.3) is 11.0 Å². The van der Waals surface area contributed by atoms with Crippen LogP contribution in [0.5, 0.6) is 0 Å². The Morgan fingerprint density at radius 3 is 2.72 bits per heavy atom. The number of aliphatic hydroxyl groups excluding tert-OH is 1. The second-order valence-corrected chi connectivity index (χ2v) is 4.91. The van der Waals surface area contributed by atoms with Gasteiger partial charge in [-0.3, -0.25) is 0 Å². The van der Waals surface area contributed by atoms with Crippen molar-refractivity contribution in [2.45, 2.75) is 51.6 Å². The topological polar surface area (TPSA) is 33.4 Å². The quantitative estimate of drug-likeness (QED) is 0.710. The predicted molar refractivity (Wildman–Crippen MR) is 74.5 cm³/mol. The minimum atomic E-state index is -0.393. The summed E-state index contributed by atoms with van der Waals surface area (Å²) in [6, 6.07) is 7.88. The van der Waals surface area contributed by atoms with Crippen molar-refractivity contribution in [2.75, 3.05) is 0 Å². The van der Waals surface area contributed by atoms with E-state index in [2.05, 4.69) is 6.92 Å². The molecular weight excluding hydrogens is 224 g/mol. The van der Waals surface area contributed by atoms with E-state index in [1.165, 1.54) is 25.7 Å². The summed E-state index contributed by atoms with van der Waals surface area (Å²) in [5.74, 6) is 0. The molecule has 0 radical (unpaired) electrons. The highest BCUT2D eigenvalue weighted by Crippen LogP contribution is 2.29. The van der Waals surface area contributed by atoms with Gasteiger partial charge < -0.3 is 9.52 Å². The Hall–Kier alpha value is -1.28. The Bertz CT molecular complexity index is 473. The van der Waals surface area contributed by atoms with Crippen molar-refractivity contribution in [3.63, 3.8) is 0 Å². The maximum atomic E-state index is 10.2. The van der Waals surface area contributed by atoms with Gasteiger partial charge in [0.1, 0.15) is 5.58 Å². The molecule has 2 nitrogen and oxygen atoms in total. The van der Waals surface area contributed by atoms with Crippen LogP contribution in [0.2, 0.25) is 0 Å². The molecule has 0 fully saturated rings. The molecule has 2 heteroatoms. The summed E-state index contributed by atoms with van der Waals surface area (Å²) in [4.78, 5) is 0. The molecule has 0 saturated heterocycles. The first-order valence-electron chi connectivity index (χ1n) is 6.97. The van der Waals surface area contributed by atoms with Crippen LogP contribution < -0.4 is 0 Å². The van der Waals surface area contributed by atoms with E-state index in [1.807, 2.05) is 24.3 Å². The lowest BCUT2D eigenvalue weighted by molar-refractivity contribution is 0.163. The van der Waals surface area contributed by atoms with Crippen molar-refractivity contribution in [1.82, 2.24) is 0 Å². The van der Waals surface area contributed by atoms with Gasteiger partial charge >= 0.3 is 0 Å². The lowest BCUT2D eigenvalue weighted by atomic mass is 10.0. The van der Waals surface area contributed by atoms with Gasteiger partial charge in [0, 0.05) is 10.9 Å². The number of fused-ring (bicyclic) bond motifs is 1. The molecule has 1 unspecified atom stereocenters. The molecule has 1 aromatic carbocycles. The van der Waals surface area contributed by atoms with Gasteiger partial charge in [-0.25, -0.2) is 0 Å². The molecule has 1 N–H and O–H groups in total. The molecule has 2 rings (SSSR count). The van der Waals surface area contributed by atoms with Gasteiger partial charge in [0.15, 0.2) is 0 Å². The van der Waals surface area contributed by atoms with Gasteiger partial charge in [-0.2, -0.15) is 0 Å². The Morgan fingerprint density at radius 2 is 1.89 bits per heavy atom. The zero-order chi connectivity index (χ0) is 12.8. The summed E-state index contributed by atoms with van der Waals surface area (Å²) in [6.45, 7) is 2.21. The molecule has 0 bridgehead atoms. The fourth-order valence-corrected chi connectivity index (χ4v) is 2.35. The minimum absolute atomic E-state index is 0.393. The van der Waals surface area contributed by atoms with E-state index >= 15 is 0 Å². The maximum absolute atomic E-state index is 10.2. The number of rotatable bonds is 7. The van der Waals surface area contributed by atoms with Crippen LogP contribution in [-0.2, 0) is 0 Å². The molecule has 0 saturated carbocycles. The molecule has 18 heavy (non-hydrogen) atoms. The molecule has 0 aliphatic rings. The van der Waals surface area contributed by atoms with Crippen molar-refractivity contribution < 1.29 is 9.52 Å². The highest BCUT2D eigenvalue weighted by molar-refractivity contribution is 5.81.